The third kappa shape index (κ3) is 5.37. The molecule has 16 heteroatoms. The summed E-state index contributed by atoms with van der Waals surface area (Å²) in [5, 5.41) is 33.6. The Morgan fingerprint density at radius 3 is 2.53 bits per heavy atom. The van der Waals surface area contributed by atoms with Crippen molar-refractivity contribution in [2.24, 2.45) is 7.05 Å². The van der Waals surface area contributed by atoms with Gasteiger partial charge in [0.05, 0.1) is 0 Å². The highest BCUT2D eigenvalue weighted by atomic mass is 32.2. The van der Waals surface area contributed by atoms with Crippen molar-refractivity contribution in [3.05, 3.63) is 47.2 Å². The average molecular weight is 517 g/mol. The number of aromatic nitrogens is 4. The van der Waals surface area contributed by atoms with E-state index in [0.717, 1.165) is 0 Å². The molecule has 0 radical (unpaired) electrons. The highest BCUT2D eigenvalue weighted by Crippen LogP contribution is 2.41. The van der Waals surface area contributed by atoms with Gasteiger partial charge in [0.15, 0.2) is 6.10 Å². The van der Waals surface area contributed by atoms with Gasteiger partial charge in [-0.1, -0.05) is 42.1 Å². The van der Waals surface area contributed by atoms with E-state index in [1.807, 2.05) is 0 Å². The van der Waals surface area contributed by atoms with Crippen LogP contribution in [0.3, 0.4) is 0 Å². The Balaban J connectivity index is 0.00000193. The van der Waals surface area contributed by atoms with Crippen LogP contribution in [0.1, 0.15) is 11.7 Å². The molecule has 3 heterocycles. The quantitative estimate of drug-likeness (QED) is 0.254. The van der Waals surface area contributed by atoms with Crippen LogP contribution in [-0.4, -0.2) is 92.5 Å². The molecule has 2 amide bonds. The van der Waals surface area contributed by atoms with Crippen LogP contribution in [0.15, 0.2) is 46.8 Å². The normalized spacial score (nSPS) is 19.5. The summed E-state index contributed by atoms with van der Waals surface area (Å²) in [6, 6.07) is 7.46. The molecule has 0 unspecified atom stereocenters. The van der Waals surface area contributed by atoms with Gasteiger partial charge in [0, 0.05) is 18.6 Å². The van der Waals surface area contributed by atoms with Crippen molar-refractivity contribution in [3.63, 3.8) is 0 Å². The molecule has 1 aromatic carbocycles. The van der Waals surface area contributed by atoms with E-state index < -0.39 is 35.3 Å². The Labute approximate surface area is 201 Å². The van der Waals surface area contributed by atoms with E-state index in [4.69, 9.17) is 0 Å². The molecule has 2 aromatic rings. The fourth-order valence-electron chi connectivity index (χ4n) is 3.31. The summed E-state index contributed by atoms with van der Waals surface area (Å²) in [5.41, 5.74) is 0.901. The fourth-order valence-corrected chi connectivity index (χ4v) is 5.64. The minimum absolute atomic E-state index is 0. The van der Waals surface area contributed by atoms with Gasteiger partial charge in [0.2, 0.25) is 5.16 Å². The second-order valence-corrected chi connectivity index (χ2v) is 8.89. The van der Waals surface area contributed by atoms with Gasteiger partial charge in [0.25, 0.3) is 11.8 Å². The first kappa shape index (κ1) is 29.0. The minimum atomic E-state index is -1.42. The lowest BCUT2D eigenvalue weighted by Gasteiger charge is -2.49. The van der Waals surface area contributed by atoms with E-state index in [2.05, 4.69) is 20.8 Å². The van der Waals surface area contributed by atoms with Gasteiger partial charge in [-0.25, -0.2) is 9.48 Å². The maximum Gasteiger partial charge on any atom is 0.352 e. The number of amides is 2. The fraction of sp³-hybridized carbons (Fsp3) is 0.333. The van der Waals surface area contributed by atoms with Crippen molar-refractivity contribution < 1.29 is 41.0 Å². The summed E-state index contributed by atoms with van der Waals surface area (Å²) >= 11 is 2.64. The Bertz CT molecular complexity index is 1070. The number of carboxylic acids is 1. The Morgan fingerprint density at radius 1 is 1.26 bits per heavy atom. The topological polar surface area (TPSA) is 245 Å². The van der Waals surface area contributed by atoms with Gasteiger partial charge in [-0.2, -0.15) is 0 Å². The number of hydrogen-bond donors (Lipinski definition) is 3. The van der Waals surface area contributed by atoms with E-state index >= 15 is 0 Å². The number of aliphatic hydroxyl groups excluding tert-OH is 1. The number of rotatable bonds is 7. The molecule has 0 bridgehead atoms. The predicted octanol–water partition coefficient (Wildman–Crippen LogP) is -2.70. The first-order chi connectivity index (χ1) is 14.9. The van der Waals surface area contributed by atoms with Gasteiger partial charge < -0.3 is 32.0 Å². The molecule has 9 N–H and O–H groups in total. The zero-order valence-corrected chi connectivity index (χ0v) is 19.3. The molecule has 34 heavy (non-hydrogen) atoms. The molecule has 1 aromatic heterocycles. The van der Waals surface area contributed by atoms with Crippen LogP contribution in [0.25, 0.3) is 0 Å². The average Bonchev–Trinajstić information content (AvgIpc) is 3.19. The van der Waals surface area contributed by atoms with Crippen LogP contribution in [0, 0.1) is 0 Å². The molecule has 2 aliphatic rings. The van der Waals surface area contributed by atoms with E-state index in [-0.39, 0.29) is 22.1 Å². The molecule has 1 saturated heterocycles. The first-order valence-electron chi connectivity index (χ1n) is 9.17. The summed E-state index contributed by atoms with van der Waals surface area (Å²) in [5.74, 6) is -1.75. The lowest BCUT2D eigenvalue weighted by Crippen LogP contribution is -2.70. The van der Waals surface area contributed by atoms with Crippen molar-refractivity contribution in [2.75, 3.05) is 11.5 Å². The van der Waals surface area contributed by atoms with E-state index in [0.29, 0.717) is 27.8 Å². The molecular formula is C18H24N6O8S2. The van der Waals surface area contributed by atoms with Crippen molar-refractivity contribution in [1.82, 2.24) is 30.4 Å². The minimum Gasteiger partial charge on any atom is -0.477 e. The number of carbonyl (C=O) groups excluding carboxylic acids is 2. The van der Waals surface area contributed by atoms with E-state index in [1.165, 1.54) is 33.1 Å². The number of thioether (sulfide) groups is 2. The largest absolute Gasteiger partial charge is 0.477 e. The number of nitrogens with one attached hydrogen (secondary N) is 1. The van der Waals surface area contributed by atoms with E-state index in [1.54, 1.807) is 37.4 Å². The summed E-state index contributed by atoms with van der Waals surface area (Å²) in [6.45, 7) is 0. The molecule has 0 spiro atoms. The smallest absolute Gasteiger partial charge is 0.352 e. The van der Waals surface area contributed by atoms with Gasteiger partial charge in [-0.05, 0) is 21.6 Å². The number of aliphatic carboxylic acids is 1. The SMILES string of the molecule is Cn1nnnc1SCC1=C(C(=O)O)N2C(=O)[C@@H](NC(=O)[C@H](O)c3ccccc3)[C@H]2SC1.O.O.O. The number of hydrogen-bond acceptors (Lipinski definition) is 9. The number of benzene rings is 1. The molecule has 0 aliphatic carbocycles. The number of tetrazole rings is 1. The summed E-state index contributed by atoms with van der Waals surface area (Å²) < 4.78 is 1.48. The van der Waals surface area contributed by atoms with Crippen molar-refractivity contribution in [2.45, 2.75) is 22.7 Å². The molecule has 0 saturated carbocycles. The molecule has 2 aliphatic heterocycles. The molecule has 186 valence electrons. The zero-order valence-electron chi connectivity index (χ0n) is 17.7. The number of aliphatic hydroxyl groups is 1. The van der Waals surface area contributed by atoms with Crippen molar-refractivity contribution in [3.8, 4) is 0 Å². The monoisotopic (exact) mass is 516 g/mol. The lowest BCUT2D eigenvalue weighted by atomic mass is 10.0. The summed E-state index contributed by atoms with van der Waals surface area (Å²) in [4.78, 5) is 38.2. The first-order valence-corrected chi connectivity index (χ1v) is 11.2. The number of fused-ring (bicyclic) bond motifs is 1. The maximum absolute atomic E-state index is 12.7. The number of aryl methyl sites for hydroxylation is 1. The summed E-state index contributed by atoms with van der Waals surface area (Å²) in [6.07, 6.45) is -1.42. The van der Waals surface area contributed by atoms with Gasteiger partial charge >= 0.3 is 5.97 Å². The molecular weight excluding hydrogens is 492 g/mol. The third-order valence-corrected chi connectivity index (χ3v) is 7.30. The molecule has 14 nitrogen and oxygen atoms in total. The predicted molar refractivity (Wildman–Crippen MR) is 121 cm³/mol. The van der Waals surface area contributed by atoms with Gasteiger partial charge in [0.1, 0.15) is 17.1 Å². The third-order valence-electron chi connectivity index (χ3n) is 4.87. The van der Waals surface area contributed by atoms with Crippen LogP contribution in [0.4, 0.5) is 0 Å². The number of carboxylic acid groups (broad SMARTS) is 1. The second-order valence-electron chi connectivity index (χ2n) is 6.84. The van der Waals surface area contributed by atoms with E-state index in [9.17, 15) is 24.6 Å². The highest BCUT2D eigenvalue weighted by Gasteiger charge is 2.54. The van der Waals surface area contributed by atoms with Crippen LogP contribution >= 0.6 is 23.5 Å². The number of nitrogens with zero attached hydrogens (tertiary/aromatic N) is 5. The summed E-state index contributed by atoms with van der Waals surface area (Å²) in [7, 11) is 1.68. The highest BCUT2D eigenvalue weighted by molar-refractivity contribution is 8.01. The van der Waals surface area contributed by atoms with Gasteiger partial charge in [-0.15, -0.1) is 16.9 Å². The Hall–Kier alpha value is -3.02. The molecule has 3 atom stereocenters. The lowest BCUT2D eigenvalue weighted by molar-refractivity contribution is -0.151. The molecule has 4 rings (SSSR count). The number of carbonyl (C=O) groups is 3. The zero-order chi connectivity index (χ0) is 22.1. The maximum atomic E-state index is 12.7. The second kappa shape index (κ2) is 11.9. The number of β-lactam (4-membered cyclic amide) rings is 1. The van der Waals surface area contributed by atoms with Gasteiger partial charge in [-0.3, -0.25) is 14.5 Å². The van der Waals surface area contributed by atoms with Crippen LogP contribution in [0.2, 0.25) is 0 Å². The van der Waals surface area contributed by atoms with Crippen LogP contribution < -0.4 is 5.32 Å². The molecule has 1 fully saturated rings. The van der Waals surface area contributed by atoms with Crippen LogP contribution in [0.5, 0.6) is 0 Å². The van der Waals surface area contributed by atoms with Crippen molar-refractivity contribution >= 4 is 41.3 Å². The van der Waals surface area contributed by atoms with Crippen LogP contribution in [-0.2, 0) is 21.4 Å². The standard InChI is InChI=1S/C18H18N6O5S2.3H2O/c1-23-18(20-21-22-23)31-8-10-7-30-16-11(15(27)24(16)12(10)17(28)29)19-14(26)13(25)9-5-3-2-4-6-9;;;/h2-6,11,13,16,25H,7-8H2,1H3,(H,19,26)(H,28,29);3*1H2/t11-,13-,16-;;;/m1.../s1. The van der Waals surface area contributed by atoms with Crippen molar-refractivity contribution in [1.29, 1.82) is 0 Å². The Morgan fingerprint density at radius 2 is 1.94 bits per heavy atom. The Kier molecular flexibility index (Phi) is 10.2.